The Morgan fingerprint density at radius 2 is 2.19 bits per heavy atom. The van der Waals surface area contributed by atoms with E-state index in [4.69, 9.17) is 11.5 Å². The molecule has 21 heavy (non-hydrogen) atoms. The third-order valence-electron chi connectivity index (χ3n) is 3.39. The largest absolute Gasteiger partial charge is 0.382 e. The van der Waals surface area contributed by atoms with E-state index in [1.807, 2.05) is 0 Å². The maximum absolute atomic E-state index is 12.5. The molecular formula is C14H25N5OS. The predicted molar refractivity (Wildman–Crippen MR) is 87.7 cm³/mol. The van der Waals surface area contributed by atoms with E-state index in [1.54, 1.807) is 11.9 Å². The average Bonchev–Trinajstić information content (AvgIpc) is 2.92. The highest BCUT2D eigenvalue weighted by atomic mass is 32.1. The third kappa shape index (κ3) is 3.85. The van der Waals surface area contributed by atoms with Crippen LogP contribution in [0.15, 0.2) is 0 Å². The Bertz CT molecular complexity index is 522. The molecule has 0 saturated carbocycles. The number of hydrogen-bond donors (Lipinski definition) is 2. The SMILES string of the molecule is CN(CC(C)(C)C)C(=O)c1sc(N2CCC(N)C2)nc1N. The molecule has 6 nitrogen and oxygen atoms in total. The van der Waals surface area contributed by atoms with E-state index < -0.39 is 0 Å². The Morgan fingerprint density at radius 1 is 1.52 bits per heavy atom. The van der Waals surface area contributed by atoms with Crippen LogP contribution in [0, 0.1) is 5.41 Å². The van der Waals surface area contributed by atoms with Gasteiger partial charge < -0.3 is 21.3 Å². The second kappa shape index (κ2) is 5.81. The van der Waals surface area contributed by atoms with Crippen molar-refractivity contribution < 1.29 is 4.79 Å². The summed E-state index contributed by atoms with van der Waals surface area (Å²) in [5.74, 6) is 0.260. The topological polar surface area (TPSA) is 88.5 Å². The summed E-state index contributed by atoms with van der Waals surface area (Å²) in [6.45, 7) is 8.63. The van der Waals surface area contributed by atoms with Crippen LogP contribution in [0.1, 0.15) is 36.9 Å². The highest BCUT2D eigenvalue weighted by Gasteiger charge is 2.27. The number of carbonyl (C=O) groups is 1. The average molecular weight is 311 g/mol. The minimum Gasteiger partial charge on any atom is -0.382 e. The first-order valence-electron chi connectivity index (χ1n) is 7.19. The van der Waals surface area contributed by atoms with E-state index in [1.165, 1.54) is 11.3 Å². The first-order chi connectivity index (χ1) is 9.67. The maximum Gasteiger partial charge on any atom is 0.267 e. The van der Waals surface area contributed by atoms with Crippen molar-refractivity contribution in [2.24, 2.45) is 11.1 Å². The van der Waals surface area contributed by atoms with Gasteiger partial charge in [-0.2, -0.15) is 0 Å². The van der Waals surface area contributed by atoms with E-state index in [2.05, 4.69) is 30.7 Å². The number of nitrogens with zero attached hydrogens (tertiary/aromatic N) is 3. The maximum atomic E-state index is 12.5. The first-order valence-corrected chi connectivity index (χ1v) is 8.01. The zero-order valence-corrected chi connectivity index (χ0v) is 14.0. The monoisotopic (exact) mass is 311 g/mol. The summed E-state index contributed by atoms with van der Waals surface area (Å²) in [5.41, 5.74) is 11.9. The zero-order chi connectivity index (χ0) is 15.8. The van der Waals surface area contributed by atoms with Crippen LogP contribution < -0.4 is 16.4 Å². The molecule has 0 aromatic carbocycles. The number of hydrogen-bond acceptors (Lipinski definition) is 6. The summed E-state index contributed by atoms with van der Waals surface area (Å²) in [6, 6.07) is 0.179. The summed E-state index contributed by atoms with van der Waals surface area (Å²) in [6.07, 6.45) is 0.951. The minimum atomic E-state index is -0.0605. The third-order valence-corrected chi connectivity index (χ3v) is 4.51. The molecule has 4 N–H and O–H groups in total. The molecule has 1 aliphatic heterocycles. The Hall–Kier alpha value is -1.34. The van der Waals surface area contributed by atoms with Crippen molar-refractivity contribution in [2.75, 3.05) is 37.3 Å². The number of rotatable bonds is 3. The lowest BCUT2D eigenvalue weighted by molar-refractivity contribution is 0.0751. The normalized spacial score (nSPS) is 19.1. The molecule has 1 saturated heterocycles. The van der Waals surface area contributed by atoms with Gasteiger partial charge in [0.05, 0.1) is 0 Å². The lowest BCUT2D eigenvalue weighted by Crippen LogP contribution is -2.34. The van der Waals surface area contributed by atoms with Gasteiger partial charge in [-0.05, 0) is 11.8 Å². The van der Waals surface area contributed by atoms with Gasteiger partial charge in [-0.25, -0.2) is 4.98 Å². The van der Waals surface area contributed by atoms with Gasteiger partial charge in [0.1, 0.15) is 10.7 Å². The van der Waals surface area contributed by atoms with Gasteiger partial charge in [-0.3, -0.25) is 4.79 Å². The van der Waals surface area contributed by atoms with Crippen molar-refractivity contribution in [1.82, 2.24) is 9.88 Å². The van der Waals surface area contributed by atoms with E-state index in [-0.39, 0.29) is 17.4 Å². The van der Waals surface area contributed by atoms with Crippen molar-refractivity contribution in [1.29, 1.82) is 0 Å². The molecule has 0 spiro atoms. The summed E-state index contributed by atoms with van der Waals surface area (Å²) < 4.78 is 0. The molecule has 2 heterocycles. The number of anilines is 2. The summed E-state index contributed by atoms with van der Waals surface area (Å²) in [7, 11) is 1.80. The Morgan fingerprint density at radius 3 is 2.71 bits per heavy atom. The standard InChI is InChI=1S/C14H25N5OS/c1-14(2,3)8-18(4)12(20)10-11(16)17-13(21-10)19-6-5-9(15)7-19/h9H,5-8,15-16H2,1-4H3. The van der Waals surface area contributed by atoms with Crippen LogP contribution in [0.5, 0.6) is 0 Å². The molecule has 1 aromatic heterocycles. The molecule has 0 aliphatic carbocycles. The van der Waals surface area contributed by atoms with E-state index >= 15 is 0 Å². The molecule has 2 rings (SSSR count). The molecule has 1 amide bonds. The first kappa shape index (κ1) is 16.0. The Kier molecular flexibility index (Phi) is 4.43. The van der Waals surface area contributed by atoms with Crippen molar-refractivity contribution in [3.05, 3.63) is 4.88 Å². The molecule has 1 unspecified atom stereocenters. The number of nitrogens with two attached hydrogens (primary N) is 2. The van der Waals surface area contributed by atoms with Crippen molar-refractivity contribution in [3.63, 3.8) is 0 Å². The van der Waals surface area contributed by atoms with Gasteiger partial charge in [-0.15, -0.1) is 0 Å². The molecular weight excluding hydrogens is 286 g/mol. The fourth-order valence-electron chi connectivity index (χ4n) is 2.53. The number of aromatic nitrogens is 1. The zero-order valence-electron chi connectivity index (χ0n) is 13.2. The molecule has 7 heteroatoms. The molecule has 118 valence electrons. The van der Waals surface area contributed by atoms with Gasteiger partial charge in [0, 0.05) is 32.7 Å². The van der Waals surface area contributed by atoms with Crippen molar-refractivity contribution in [2.45, 2.75) is 33.2 Å². The number of amides is 1. The van der Waals surface area contributed by atoms with Gasteiger partial charge in [0.15, 0.2) is 5.13 Å². The molecule has 0 radical (unpaired) electrons. The smallest absolute Gasteiger partial charge is 0.267 e. The summed E-state index contributed by atoms with van der Waals surface area (Å²) >= 11 is 1.36. The van der Waals surface area contributed by atoms with Crippen molar-refractivity contribution in [3.8, 4) is 0 Å². The fourth-order valence-corrected chi connectivity index (χ4v) is 3.54. The minimum absolute atomic E-state index is 0.0500. The Balaban J connectivity index is 2.13. The van der Waals surface area contributed by atoms with Crippen LogP contribution in [0.4, 0.5) is 10.9 Å². The lowest BCUT2D eigenvalue weighted by Gasteiger charge is -2.26. The van der Waals surface area contributed by atoms with E-state index in [0.717, 1.165) is 24.6 Å². The molecule has 1 fully saturated rings. The van der Waals surface area contributed by atoms with Gasteiger partial charge in [0.2, 0.25) is 0 Å². The van der Waals surface area contributed by atoms with Crippen LogP contribution in [0.25, 0.3) is 0 Å². The van der Waals surface area contributed by atoms with Crippen molar-refractivity contribution >= 4 is 28.2 Å². The van der Waals surface area contributed by atoms with Crippen LogP contribution in [0.2, 0.25) is 0 Å². The number of carbonyl (C=O) groups excluding carboxylic acids is 1. The summed E-state index contributed by atoms with van der Waals surface area (Å²) in [4.78, 5) is 21.2. The lowest BCUT2D eigenvalue weighted by atomic mass is 9.96. The van der Waals surface area contributed by atoms with Crippen LogP contribution in [-0.4, -0.2) is 48.5 Å². The van der Waals surface area contributed by atoms with Gasteiger partial charge in [-0.1, -0.05) is 32.1 Å². The predicted octanol–water partition coefficient (Wildman–Crippen LogP) is 1.38. The van der Waals surface area contributed by atoms with E-state index in [9.17, 15) is 4.79 Å². The van der Waals surface area contributed by atoms with Crippen LogP contribution in [0.3, 0.4) is 0 Å². The Labute approximate surface area is 130 Å². The highest BCUT2D eigenvalue weighted by molar-refractivity contribution is 7.18. The molecule has 1 aromatic rings. The molecule has 1 atom stereocenters. The second-order valence-corrected chi connectivity index (χ2v) is 7.90. The fraction of sp³-hybridized carbons (Fsp3) is 0.714. The highest BCUT2D eigenvalue weighted by Crippen LogP contribution is 2.31. The molecule has 0 bridgehead atoms. The summed E-state index contributed by atoms with van der Waals surface area (Å²) in [5, 5.41) is 0.799. The quantitative estimate of drug-likeness (QED) is 0.880. The number of thiazole rings is 1. The van der Waals surface area contributed by atoms with Gasteiger partial charge >= 0.3 is 0 Å². The van der Waals surface area contributed by atoms with Crippen LogP contribution >= 0.6 is 11.3 Å². The van der Waals surface area contributed by atoms with Crippen LogP contribution in [-0.2, 0) is 0 Å². The van der Waals surface area contributed by atoms with E-state index in [0.29, 0.717) is 17.2 Å². The number of nitrogen functional groups attached to an aromatic ring is 1. The molecule has 1 aliphatic rings. The van der Waals surface area contributed by atoms with Gasteiger partial charge in [0.25, 0.3) is 5.91 Å². The second-order valence-electron chi connectivity index (χ2n) is 6.93.